The molecule has 0 aliphatic carbocycles. The van der Waals surface area contributed by atoms with E-state index in [1.807, 2.05) is 0 Å². The van der Waals surface area contributed by atoms with Gasteiger partial charge in [0.2, 0.25) is 0 Å². The van der Waals surface area contributed by atoms with E-state index in [0.717, 1.165) is 0 Å². The summed E-state index contributed by atoms with van der Waals surface area (Å²) in [6.45, 7) is 2.12. The van der Waals surface area contributed by atoms with E-state index in [9.17, 15) is 14.7 Å². The van der Waals surface area contributed by atoms with E-state index in [2.05, 4.69) is 0 Å². The SMILES string of the molecule is COCCOCCOC(C(=O)O)C(COCC(=O)O)OC(C)COC. The van der Waals surface area contributed by atoms with Crippen molar-refractivity contribution in [1.82, 2.24) is 0 Å². The number of carboxylic acid groups (broad SMARTS) is 2. The Morgan fingerprint density at radius 3 is 2.16 bits per heavy atom. The minimum Gasteiger partial charge on any atom is -0.480 e. The van der Waals surface area contributed by atoms with Crippen molar-refractivity contribution in [2.75, 3.05) is 60.5 Å². The monoisotopic (exact) mass is 368 g/mol. The molecule has 0 bridgehead atoms. The van der Waals surface area contributed by atoms with Crippen LogP contribution in [0.15, 0.2) is 0 Å². The lowest BCUT2D eigenvalue weighted by Gasteiger charge is -2.27. The van der Waals surface area contributed by atoms with Crippen molar-refractivity contribution >= 4 is 11.9 Å². The number of hydrogen-bond acceptors (Lipinski definition) is 8. The highest BCUT2D eigenvalue weighted by Gasteiger charge is 2.32. The summed E-state index contributed by atoms with van der Waals surface area (Å²) >= 11 is 0. The number of carboxylic acids is 2. The van der Waals surface area contributed by atoms with Crippen molar-refractivity contribution in [1.29, 1.82) is 0 Å². The molecule has 2 N–H and O–H groups in total. The van der Waals surface area contributed by atoms with Crippen LogP contribution in [-0.4, -0.2) is 101 Å². The fourth-order valence-corrected chi connectivity index (χ4v) is 1.85. The van der Waals surface area contributed by atoms with E-state index < -0.39 is 36.9 Å². The number of rotatable bonds is 17. The van der Waals surface area contributed by atoms with Crippen LogP contribution < -0.4 is 0 Å². The first-order valence-electron chi connectivity index (χ1n) is 7.77. The van der Waals surface area contributed by atoms with Gasteiger partial charge in [0.05, 0.1) is 45.7 Å². The van der Waals surface area contributed by atoms with Crippen LogP contribution in [-0.2, 0) is 38.0 Å². The predicted octanol–water partition coefficient (Wildman–Crippen LogP) is -0.359. The van der Waals surface area contributed by atoms with E-state index in [1.165, 1.54) is 7.11 Å². The van der Waals surface area contributed by atoms with Crippen LogP contribution in [0.4, 0.5) is 0 Å². The molecule has 3 atom stereocenters. The zero-order chi connectivity index (χ0) is 19.1. The van der Waals surface area contributed by atoms with Crippen molar-refractivity contribution in [2.45, 2.75) is 25.2 Å². The molecule has 0 aliphatic heterocycles. The molecule has 0 aromatic heterocycles. The van der Waals surface area contributed by atoms with Crippen molar-refractivity contribution in [3.8, 4) is 0 Å². The second-order valence-corrected chi connectivity index (χ2v) is 5.08. The third-order valence-electron chi connectivity index (χ3n) is 2.85. The van der Waals surface area contributed by atoms with Gasteiger partial charge < -0.3 is 38.6 Å². The molecule has 0 radical (unpaired) electrons. The van der Waals surface area contributed by atoms with Gasteiger partial charge in [0.25, 0.3) is 0 Å². The Morgan fingerprint density at radius 1 is 0.920 bits per heavy atom. The second kappa shape index (κ2) is 15.0. The summed E-state index contributed by atoms with van der Waals surface area (Å²) in [7, 11) is 3.03. The number of aliphatic carboxylic acids is 2. The topological polar surface area (TPSA) is 130 Å². The zero-order valence-electron chi connectivity index (χ0n) is 14.8. The van der Waals surface area contributed by atoms with Crippen molar-refractivity contribution in [3.05, 3.63) is 0 Å². The van der Waals surface area contributed by atoms with E-state index in [-0.39, 0.29) is 26.4 Å². The molecule has 10 heteroatoms. The lowest BCUT2D eigenvalue weighted by Crippen LogP contribution is -2.44. The van der Waals surface area contributed by atoms with Gasteiger partial charge in [-0.3, -0.25) is 0 Å². The average Bonchev–Trinajstić information content (AvgIpc) is 2.53. The zero-order valence-corrected chi connectivity index (χ0v) is 14.8. The molecule has 25 heavy (non-hydrogen) atoms. The highest BCUT2D eigenvalue weighted by molar-refractivity contribution is 5.73. The first-order chi connectivity index (χ1) is 11.9. The van der Waals surface area contributed by atoms with Crippen LogP contribution in [0, 0.1) is 0 Å². The lowest BCUT2D eigenvalue weighted by molar-refractivity contribution is -0.177. The Bertz CT molecular complexity index is 362. The molecule has 0 rings (SSSR count). The highest BCUT2D eigenvalue weighted by atomic mass is 16.6. The molecular weight excluding hydrogens is 340 g/mol. The van der Waals surface area contributed by atoms with Gasteiger partial charge in [0.15, 0.2) is 6.10 Å². The Morgan fingerprint density at radius 2 is 1.60 bits per heavy atom. The summed E-state index contributed by atoms with van der Waals surface area (Å²) in [5, 5.41) is 18.0. The summed E-state index contributed by atoms with van der Waals surface area (Å²) in [5.74, 6) is -2.41. The maximum Gasteiger partial charge on any atom is 0.335 e. The number of methoxy groups -OCH3 is 2. The Kier molecular flexibility index (Phi) is 14.2. The van der Waals surface area contributed by atoms with E-state index in [4.69, 9.17) is 33.5 Å². The fourth-order valence-electron chi connectivity index (χ4n) is 1.85. The van der Waals surface area contributed by atoms with Gasteiger partial charge in [0, 0.05) is 14.2 Å². The number of ether oxygens (including phenoxy) is 6. The molecule has 0 aromatic carbocycles. The normalized spacial score (nSPS) is 14.8. The minimum atomic E-state index is -1.33. The summed E-state index contributed by atoms with van der Waals surface area (Å²) in [5.41, 5.74) is 0. The summed E-state index contributed by atoms with van der Waals surface area (Å²) in [6, 6.07) is 0. The van der Waals surface area contributed by atoms with Crippen molar-refractivity contribution in [3.63, 3.8) is 0 Å². The molecule has 0 spiro atoms. The van der Waals surface area contributed by atoms with Crippen molar-refractivity contribution in [2.24, 2.45) is 0 Å². The van der Waals surface area contributed by atoms with Crippen LogP contribution in [0.3, 0.4) is 0 Å². The van der Waals surface area contributed by atoms with Crippen LogP contribution in [0.2, 0.25) is 0 Å². The molecule has 148 valence electrons. The van der Waals surface area contributed by atoms with Crippen LogP contribution >= 0.6 is 0 Å². The van der Waals surface area contributed by atoms with Crippen LogP contribution in [0.25, 0.3) is 0 Å². The van der Waals surface area contributed by atoms with Gasteiger partial charge in [-0.05, 0) is 6.92 Å². The number of carbonyl (C=O) groups is 2. The van der Waals surface area contributed by atoms with Crippen LogP contribution in [0.5, 0.6) is 0 Å². The molecule has 3 unspecified atom stereocenters. The third kappa shape index (κ3) is 12.7. The average molecular weight is 368 g/mol. The molecule has 0 heterocycles. The summed E-state index contributed by atoms with van der Waals surface area (Å²) in [6.07, 6.45) is -2.76. The molecule has 0 amide bonds. The summed E-state index contributed by atoms with van der Waals surface area (Å²) < 4.78 is 30.8. The Balaban J connectivity index is 4.60. The maximum absolute atomic E-state index is 11.5. The van der Waals surface area contributed by atoms with E-state index >= 15 is 0 Å². The molecule has 10 nitrogen and oxygen atoms in total. The van der Waals surface area contributed by atoms with Gasteiger partial charge in [-0.1, -0.05) is 0 Å². The second-order valence-electron chi connectivity index (χ2n) is 5.08. The first kappa shape index (κ1) is 23.7. The fraction of sp³-hybridized carbons (Fsp3) is 0.867. The highest BCUT2D eigenvalue weighted by Crippen LogP contribution is 2.10. The molecular formula is C15H28O10. The Hall–Kier alpha value is -1.30. The third-order valence-corrected chi connectivity index (χ3v) is 2.85. The van der Waals surface area contributed by atoms with Gasteiger partial charge in [-0.2, -0.15) is 0 Å². The molecule has 0 fully saturated rings. The minimum absolute atomic E-state index is 0.0259. The quantitative estimate of drug-likeness (QED) is 0.328. The summed E-state index contributed by atoms with van der Waals surface area (Å²) in [4.78, 5) is 22.0. The van der Waals surface area contributed by atoms with Crippen molar-refractivity contribution < 1.29 is 48.2 Å². The number of hydrogen-bond donors (Lipinski definition) is 2. The molecule has 0 aromatic rings. The smallest absolute Gasteiger partial charge is 0.335 e. The van der Waals surface area contributed by atoms with E-state index in [0.29, 0.717) is 13.2 Å². The standard InChI is InChI=1S/C15H28O10/c1-11(8-21-3)25-12(9-23-10-13(16)17)14(15(18)19)24-7-6-22-5-4-20-2/h11-12,14H,4-10H2,1-3H3,(H,16,17)(H,18,19). The molecule has 0 aliphatic rings. The van der Waals surface area contributed by atoms with E-state index in [1.54, 1.807) is 14.0 Å². The van der Waals surface area contributed by atoms with Gasteiger partial charge >= 0.3 is 11.9 Å². The Labute approximate surface area is 146 Å². The van der Waals surface area contributed by atoms with Gasteiger partial charge in [0.1, 0.15) is 12.7 Å². The largest absolute Gasteiger partial charge is 0.480 e. The predicted molar refractivity (Wildman–Crippen MR) is 84.7 cm³/mol. The van der Waals surface area contributed by atoms with Gasteiger partial charge in [-0.15, -0.1) is 0 Å². The molecule has 0 saturated carbocycles. The van der Waals surface area contributed by atoms with Crippen LogP contribution in [0.1, 0.15) is 6.92 Å². The van der Waals surface area contributed by atoms with Gasteiger partial charge in [-0.25, -0.2) is 9.59 Å². The first-order valence-corrected chi connectivity index (χ1v) is 7.77. The lowest BCUT2D eigenvalue weighted by atomic mass is 10.2. The maximum atomic E-state index is 11.5. The molecule has 0 saturated heterocycles.